The van der Waals surface area contributed by atoms with Gasteiger partial charge in [-0.05, 0) is 67.6 Å². The molecule has 0 aliphatic carbocycles. The van der Waals surface area contributed by atoms with Gasteiger partial charge in [-0.15, -0.1) is 11.3 Å². The third-order valence-corrected chi connectivity index (χ3v) is 5.65. The fourth-order valence-electron chi connectivity index (χ4n) is 3.24. The third-order valence-electron chi connectivity index (χ3n) is 4.58. The largest absolute Gasteiger partial charge is 0.481 e. The normalized spacial score (nSPS) is 18.0. The highest BCUT2D eigenvalue weighted by Gasteiger charge is 2.31. The van der Waals surface area contributed by atoms with Crippen LogP contribution in [0.25, 0.3) is 0 Å². The summed E-state index contributed by atoms with van der Waals surface area (Å²) < 4.78 is 13.3. The standard InChI is InChI=1S/C18H20FNO2S/c1-12-8-11-23-17(12)16(13-2-4-15(19)5-3-13)20-9-6-14(7-10-20)18(21)22/h2-5,8,11,14,16H,6-7,9-10H2,1H3,(H,21,22). The van der Waals surface area contributed by atoms with Crippen LogP contribution in [0.3, 0.4) is 0 Å². The van der Waals surface area contributed by atoms with Crippen molar-refractivity contribution in [1.29, 1.82) is 0 Å². The van der Waals surface area contributed by atoms with E-state index in [1.165, 1.54) is 22.6 Å². The lowest BCUT2D eigenvalue weighted by Gasteiger charge is -2.36. The first kappa shape index (κ1) is 16.1. The summed E-state index contributed by atoms with van der Waals surface area (Å²) in [4.78, 5) is 14.7. The molecule has 0 bridgehead atoms. The van der Waals surface area contributed by atoms with Gasteiger partial charge in [-0.2, -0.15) is 0 Å². The van der Waals surface area contributed by atoms with E-state index in [-0.39, 0.29) is 17.8 Å². The Bertz CT molecular complexity index is 675. The Balaban J connectivity index is 1.89. The van der Waals surface area contributed by atoms with Crippen LogP contribution < -0.4 is 0 Å². The Morgan fingerprint density at radius 1 is 1.26 bits per heavy atom. The molecule has 1 saturated heterocycles. The summed E-state index contributed by atoms with van der Waals surface area (Å²) in [7, 11) is 0. The Labute approximate surface area is 139 Å². The summed E-state index contributed by atoms with van der Waals surface area (Å²) in [5.74, 6) is -1.18. The van der Waals surface area contributed by atoms with Gasteiger partial charge in [-0.1, -0.05) is 12.1 Å². The maximum Gasteiger partial charge on any atom is 0.306 e. The molecular formula is C18H20FNO2S. The molecule has 122 valence electrons. The molecule has 1 aromatic carbocycles. The second kappa shape index (κ2) is 6.81. The van der Waals surface area contributed by atoms with E-state index in [2.05, 4.69) is 23.3 Å². The van der Waals surface area contributed by atoms with E-state index in [4.69, 9.17) is 0 Å². The van der Waals surface area contributed by atoms with Crippen LogP contribution in [-0.2, 0) is 4.79 Å². The van der Waals surface area contributed by atoms with E-state index in [9.17, 15) is 14.3 Å². The summed E-state index contributed by atoms with van der Waals surface area (Å²) in [5, 5.41) is 11.3. The monoisotopic (exact) mass is 333 g/mol. The molecule has 0 radical (unpaired) electrons. The van der Waals surface area contributed by atoms with E-state index < -0.39 is 5.97 Å². The van der Waals surface area contributed by atoms with Gasteiger partial charge in [0.05, 0.1) is 12.0 Å². The second-order valence-electron chi connectivity index (χ2n) is 6.07. The average molecular weight is 333 g/mol. The molecule has 1 aliphatic heterocycles. The van der Waals surface area contributed by atoms with Gasteiger partial charge in [-0.3, -0.25) is 9.69 Å². The molecule has 2 heterocycles. The Morgan fingerprint density at radius 3 is 2.43 bits per heavy atom. The molecule has 2 aromatic rings. The number of carboxylic acid groups (broad SMARTS) is 1. The van der Waals surface area contributed by atoms with E-state index in [0.29, 0.717) is 12.8 Å². The molecule has 0 amide bonds. The molecule has 1 fully saturated rings. The maximum atomic E-state index is 13.3. The topological polar surface area (TPSA) is 40.5 Å². The SMILES string of the molecule is Cc1ccsc1C(c1ccc(F)cc1)N1CCC(C(=O)O)CC1. The molecule has 1 unspecified atom stereocenters. The zero-order chi connectivity index (χ0) is 16.4. The summed E-state index contributed by atoms with van der Waals surface area (Å²) in [5.41, 5.74) is 2.29. The van der Waals surface area contributed by atoms with Gasteiger partial charge in [-0.25, -0.2) is 4.39 Å². The van der Waals surface area contributed by atoms with E-state index in [0.717, 1.165) is 18.7 Å². The molecule has 0 spiro atoms. The molecular weight excluding hydrogens is 313 g/mol. The molecule has 1 atom stereocenters. The van der Waals surface area contributed by atoms with E-state index in [1.807, 2.05) is 12.1 Å². The average Bonchev–Trinajstić information content (AvgIpc) is 2.96. The minimum Gasteiger partial charge on any atom is -0.481 e. The number of aryl methyl sites for hydroxylation is 1. The van der Waals surface area contributed by atoms with E-state index >= 15 is 0 Å². The Kier molecular flexibility index (Phi) is 4.78. The Morgan fingerprint density at radius 2 is 1.91 bits per heavy atom. The van der Waals surface area contributed by atoms with Crippen LogP contribution in [0.15, 0.2) is 35.7 Å². The number of likely N-dealkylation sites (tertiary alicyclic amines) is 1. The quantitative estimate of drug-likeness (QED) is 0.916. The smallest absolute Gasteiger partial charge is 0.306 e. The van der Waals surface area contributed by atoms with Crippen LogP contribution in [0, 0.1) is 18.7 Å². The van der Waals surface area contributed by atoms with E-state index in [1.54, 1.807) is 11.3 Å². The highest BCUT2D eigenvalue weighted by molar-refractivity contribution is 7.10. The first-order chi connectivity index (χ1) is 11.1. The van der Waals surface area contributed by atoms with Gasteiger partial charge in [0.15, 0.2) is 0 Å². The van der Waals surface area contributed by atoms with Crippen LogP contribution in [0.1, 0.15) is 34.9 Å². The molecule has 1 N–H and O–H groups in total. The van der Waals surface area contributed by atoms with Gasteiger partial charge in [0.25, 0.3) is 0 Å². The van der Waals surface area contributed by atoms with Crippen molar-refractivity contribution < 1.29 is 14.3 Å². The molecule has 3 nitrogen and oxygen atoms in total. The number of halogens is 1. The van der Waals surface area contributed by atoms with Crippen molar-refractivity contribution in [2.45, 2.75) is 25.8 Å². The highest BCUT2D eigenvalue weighted by atomic mass is 32.1. The maximum absolute atomic E-state index is 13.3. The molecule has 3 rings (SSSR count). The van der Waals surface area contributed by atoms with Crippen molar-refractivity contribution in [3.05, 3.63) is 57.5 Å². The van der Waals surface area contributed by atoms with Crippen LogP contribution in [0.5, 0.6) is 0 Å². The number of hydrogen-bond donors (Lipinski definition) is 1. The highest BCUT2D eigenvalue weighted by Crippen LogP contribution is 2.36. The molecule has 0 saturated carbocycles. The zero-order valence-corrected chi connectivity index (χ0v) is 13.9. The van der Waals surface area contributed by atoms with Crippen LogP contribution in [0.2, 0.25) is 0 Å². The Hall–Kier alpha value is -1.72. The van der Waals surface area contributed by atoms with Gasteiger partial charge in [0.1, 0.15) is 5.82 Å². The minimum atomic E-state index is -0.699. The van der Waals surface area contributed by atoms with Gasteiger partial charge in [0, 0.05) is 4.88 Å². The predicted molar refractivity (Wildman–Crippen MR) is 89.2 cm³/mol. The van der Waals surface area contributed by atoms with Crippen LogP contribution in [0.4, 0.5) is 4.39 Å². The number of benzene rings is 1. The summed E-state index contributed by atoms with van der Waals surface area (Å²) in [6.07, 6.45) is 1.33. The number of nitrogens with zero attached hydrogens (tertiary/aromatic N) is 1. The number of thiophene rings is 1. The van der Waals surface area contributed by atoms with Crippen molar-refractivity contribution in [2.75, 3.05) is 13.1 Å². The van der Waals surface area contributed by atoms with Crippen molar-refractivity contribution in [1.82, 2.24) is 4.90 Å². The van der Waals surface area contributed by atoms with Gasteiger partial charge < -0.3 is 5.11 Å². The number of carboxylic acids is 1. The van der Waals surface area contributed by atoms with Gasteiger partial charge >= 0.3 is 5.97 Å². The zero-order valence-electron chi connectivity index (χ0n) is 13.0. The fourth-order valence-corrected chi connectivity index (χ4v) is 4.33. The molecule has 1 aliphatic rings. The summed E-state index contributed by atoms with van der Waals surface area (Å²) in [6.45, 7) is 3.58. The molecule has 23 heavy (non-hydrogen) atoms. The first-order valence-corrected chi connectivity index (χ1v) is 8.70. The summed E-state index contributed by atoms with van der Waals surface area (Å²) >= 11 is 1.71. The van der Waals surface area contributed by atoms with Crippen molar-refractivity contribution in [3.63, 3.8) is 0 Å². The number of aliphatic carboxylic acids is 1. The van der Waals surface area contributed by atoms with Crippen LogP contribution in [-0.4, -0.2) is 29.1 Å². The number of hydrogen-bond acceptors (Lipinski definition) is 3. The lowest BCUT2D eigenvalue weighted by atomic mass is 9.93. The molecule has 1 aromatic heterocycles. The number of carbonyl (C=O) groups is 1. The van der Waals surface area contributed by atoms with Crippen LogP contribution >= 0.6 is 11.3 Å². The lowest BCUT2D eigenvalue weighted by molar-refractivity contribution is -0.143. The lowest BCUT2D eigenvalue weighted by Crippen LogP contribution is -2.39. The van der Waals surface area contributed by atoms with Crippen molar-refractivity contribution in [2.24, 2.45) is 5.92 Å². The first-order valence-electron chi connectivity index (χ1n) is 7.82. The fraction of sp³-hybridized carbons (Fsp3) is 0.389. The third kappa shape index (κ3) is 3.46. The van der Waals surface area contributed by atoms with Gasteiger partial charge in [0.2, 0.25) is 0 Å². The molecule has 5 heteroatoms. The van der Waals surface area contributed by atoms with Crippen molar-refractivity contribution in [3.8, 4) is 0 Å². The predicted octanol–water partition coefficient (Wildman–Crippen LogP) is 4.08. The number of rotatable bonds is 4. The minimum absolute atomic E-state index is 0.0744. The van der Waals surface area contributed by atoms with Crippen molar-refractivity contribution >= 4 is 17.3 Å². The summed E-state index contributed by atoms with van der Waals surface area (Å²) in [6, 6.07) is 8.83. The second-order valence-corrected chi connectivity index (χ2v) is 7.02. The number of piperidine rings is 1.